The first-order valence-corrected chi connectivity index (χ1v) is 6.62. The maximum Gasteiger partial charge on any atom is 0.258 e. The van der Waals surface area contributed by atoms with Crippen LogP contribution in [0.5, 0.6) is 5.75 Å². The number of hydrogen-bond acceptors (Lipinski definition) is 3. The second kappa shape index (κ2) is 6.87. The molecule has 2 N–H and O–H groups in total. The maximum atomic E-state index is 13.6. The number of benzene rings is 2. The number of halogens is 2. The first-order chi connectivity index (χ1) is 10.9. The molecule has 0 spiro atoms. The zero-order valence-electron chi connectivity index (χ0n) is 12.4. The van der Waals surface area contributed by atoms with Crippen LogP contribution in [0.2, 0.25) is 0 Å². The monoisotopic (exact) mass is 320 g/mol. The summed E-state index contributed by atoms with van der Waals surface area (Å²) in [5.74, 6) is -2.36. The molecule has 7 heteroatoms. The standard InChI is InChI=1S/C16H14F2N2O3/c1-9(21)19-14-8-11(4-6-15(14)23-2)20-16(22)12-5-3-10(17)7-13(12)18/h3-8H,1-2H3,(H,19,21)(H,20,22). The van der Waals surface area contributed by atoms with Gasteiger partial charge in [-0.3, -0.25) is 9.59 Å². The molecule has 120 valence electrons. The van der Waals surface area contributed by atoms with Crippen LogP contribution < -0.4 is 15.4 Å². The summed E-state index contributed by atoms with van der Waals surface area (Å²) in [7, 11) is 1.44. The fourth-order valence-corrected chi connectivity index (χ4v) is 1.95. The van der Waals surface area contributed by atoms with Crippen LogP contribution in [0.4, 0.5) is 20.2 Å². The molecule has 0 atom stereocenters. The van der Waals surface area contributed by atoms with Crippen LogP contribution in [0.25, 0.3) is 0 Å². The molecule has 0 aromatic heterocycles. The van der Waals surface area contributed by atoms with E-state index in [0.717, 1.165) is 12.1 Å². The molecule has 0 bridgehead atoms. The highest BCUT2D eigenvalue weighted by atomic mass is 19.1. The number of rotatable bonds is 4. The van der Waals surface area contributed by atoms with E-state index in [1.54, 1.807) is 6.07 Å². The second-order valence-corrected chi connectivity index (χ2v) is 4.67. The van der Waals surface area contributed by atoms with Crippen LogP contribution in [0.3, 0.4) is 0 Å². The molecule has 23 heavy (non-hydrogen) atoms. The summed E-state index contributed by atoms with van der Waals surface area (Å²) in [6.07, 6.45) is 0. The zero-order valence-corrected chi connectivity index (χ0v) is 12.4. The highest BCUT2D eigenvalue weighted by Gasteiger charge is 2.14. The number of amides is 2. The van der Waals surface area contributed by atoms with Gasteiger partial charge in [0.05, 0.1) is 18.4 Å². The lowest BCUT2D eigenvalue weighted by Gasteiger charge is -2.12. The van der Waals surface area contributed by atoms with Crippen molar-refractivity contribution in [2.45, 2.75) is 6.92 Å². The van der Waals surface area contributed by atoms with Crippen LogP contribution in [-0.4, -0.2) is 18.9 Å². The van der Waals surface area contributed by atoms with Crippen LogP contribution in [0.1, 0.15) is 17.3 Å². The van der Waals surface area contributed by atoms with Crippen molar-refractivity contribution in [2.24, 2.45) is 0 Å². The topological polar surface area (TPSA) is 67.4 Å². The Bertz CT molecular complexity index is 763. The summed E-state index contributed by atoms with van der Waals surface area (Å²) in [5, 5.41) is 5.03. The lowest BCUT2D eigenvalue weighted by Crippen LogP contribution is -2.14. The molecule has 5 nitrogen and oxygen atoms in total. The van der Waals surface area contributed by atoms with E-state index in [9.17, 15) is 18.4 Å². The van der Waals surface area contributed by atoms with Crippen molar-refractivity contribution >= 4 is 23.2 Å². The third-order valence-corrected chi connectivity index (χ3v) is 2.94. The number of methoxy groups -OCH3 is 1. The minimum Gasteiger partial charge on any atom is -0.495 e. The van der Waals surface area contributed by atoms with Gasteiger partial charge in [0.2, 0.25) is 5.91 Å². The molecular weight excluding hydrogens is 306 g/mol. The molecule has 2 aromatic carbocycles. The number of hydrogen-bond donors (Lipinski definition) is 2. The number of nitrogens with one attached hydrogen (secondary N) is 2. The maximum absolute atomic E-state index is 13.6. The third kappa shape index (κ3) is 4.03. The van der Waals surface area contributed by atoms with Crippen LogP contribution in [0.15, 0.2) is 36.4 Å². The predicted molar refractivity (Wildman–Crippen MR) is 81.6 cm³/mol. The molecule has 0 saturated carbocycles. The average Bonchev–Trinajstić information content (AvgIpc) is 2.46. The van der Waals surface area contributed by atoms with E-state index in [2.05, 4.69) is 10.6 Å². The van der Waals surface area contributed by atoms with E-state index in [0.29, 0.717) is 23.2 Å². The number of ether oxygens (including phenoxy) is 1. The lowest BCUT2D eigenvalue weighted by molar-refractivity contribution is -0.114. The van der Waals surface area contributed by atoms with E-state index in [1.807, 2.05) is 0 Å². The Labute approximate surface area is 131 Å². The second-order valence-electron chi connectivity index (χ2n) is 4.67. The Hall–Kier alpha value is -2.96. The van der Waals surface area contributed by atoms with Crippen LogP contribution in [-0.2, 0) is 4.79 Å². The van der Waals surface area contributed by atoms with E-state index < -0.39 is 17.5 Å². The lowest BCUT2D eigenvalue weighted by atomic mass is 10.2. The Morgan fingerprint density at radius 3 is 2.39 bits per heavy atom. The van der Waals surface area contributed by atoms with Crippen LogP contribution >= 0.6 is 0 Å². The highest BCUT2D eigenvalue weighted by Crippen LogP contribution is 2.28. The molecule has 0 radical (unpaired) electrons. The molecule has 0 saturated heterocycles. The number of carbonyl (C=O) groups excluding carboxylic acids is 2. The fraction of sp³-hybridized carbons (Fsp3) is 0.125. The predicted octanol–water partition coefficient (Wildman–Crippen LogP) is 3.18. The van der Waals surface area contributed by atoms with Gasteiger partial charge in [0.25, 0.3) is 5.91 Å². The molecule has 0 aliphatic rings. The molecule has 0 aliphatic heterocycles. The smallest absolute Gasteiger partial charge is 0.258 e. The van der Waals surface area contributed by atoms with Crippen molar-refractivity contribution in [1.82, 2.24) is 0 Å². The molecule has 0 aliphatic carbocycles. The van der Waals surface area contributed by atoms with Gasteiger partial charge in [0.15, 0.2) is 0 Å². The Balaban J connectivity index is 2.25. The van der Waals surface area contributed by atoms with Crippen molar-refractivity contribution in [3.63, 3.8) is 0 Å². The van der Waals surface area contributed by atoms with Crippen LogP contribution in [0, 0.1) is 11.6 Å². The summed E-state index contributed by atoms with van der Waals surface area (Å²) in [6.45, 7) is 1.33. The summed E-state index contributed by atoms with van der Waals surface area (Å²) < 4.78 is 31.6. The highest BCUT2D eigenvalue weighted by molar-refractivity contribution is 6.05. The van der Waals surface area contributed by atoms with Gasteiger partial charge in [0.1, 0.15) is 17.4 Å². The Kier molecular flexibility index (Phi) is 4.90. The van der Waals surface area contributed by atoms with E-state index in [4.69, 9.17) is 4.74 Å². The fourth-order valence-electron chi connectivity index (χ4n) is 1.95. The summed E-state index contributed by atoms with van der Waals surface area (Å²) in [6, 6.07) is 7.23. The molecule has 2 aromatic rings. The van der Waals surface area contributed by atoms with Crippen molar-refractivity contribution in [2.75, 3.05) is 17.7 Å². The van der Waals surface area contributed by atoms with Crippen molar-refractivity contribution in [3.8, 4) is 5.75 Å². The van der Waals surface area contributed by atoms with Gasteiger partial charge < -0.3 is 15.4 Å². The van der Waals surface area contributed by atoms with Gasteiger partial charge in [-0.1, -0.05) is 0 Å². The molecule has 2 amide bonds. The zero-order chi connectivity index (χ0) is 17.0. The van der Waals surface area contributed by atoms with E-state index in [-0.39, 0.29) is 11.5 Å². The average molecular weight is 320 g/mol. The summed E-state index contributed by atoms with van der Waals surface area (Å²) in [4.78, 5) is 23.2. The summed E-state index contributed by atoms with van der Waals surface area (Å²) in [5.41, 5.74) is 0.393. The molecule has 0 fully saturated rings. The molecule has 2 rings (SSSR count). The van der Waals surface area contributed by atoms with Gasteiger partial charge in [-0.2, -0.15) is 0 Å². The Morgan fingerprint density at radius 2 is 1.78 bits per heavy atom. The largest absolute Gasteiger partial charge is 0.495 e. The third-order valence-electron chi connectivity index (χ3n) is 2.94. The van der Waals surface area contributed by atoms with Gasteiger partial charge >= 0.3 is 0 Å². The van der Waals surface area contributed by atoms with Crippen molar-refractivity contribution in [1.29, 1.82) is 0 Å². The normalized spacial score (nSPS) is 10.1. The SMILES string of the molecule is COc1ccc(NC(=O)c2ccc(F)cc2F)cc1NC(C)=O. The van der Waals surface area contributed by atoms with Gasteiger partial charge in [0, 0.05) is 18.7 Å². The van der Waals surface area contributed by atoms with Gasteiger partial charge in [-0.25, -0.2) is 8.78 Å². The molecule has 0 unspecified atom stereocenters. The molecular formula is C16H14F2N2O3. The Morgan fingerprint density at radius 1 is 1.04 bits per heavy atom. The van der Waals surface area contributed by atoms with Gasteiger partial charge in [-0.05, 0) is 30.3 Å². The number of anilines is 2. The minimum atomic E-state index is -0.960. The summed E-state index contributed by atoms with van der Waals surface area (Å²) >= 11 is 0. The van der Waals surface area contributed by atoms with Gasteiger partial charge in [-0.15, -0.1) is 0 Å². The minimum absolute atomic E-state index is 0.289. The van der Waals surface area contributed by atoms with Crippen molar-refractivity contribution in [3.05, 3.63) is 53.6 Å². The van der Waals surface area contributed by atoms with E-state index in [1.165, 1.54) is 26.2 Å². The van der Waals surface area contributed by atoms with Crippen molar-refractivity contribution < 1.29 is 23.1 Å². The first-order valence-electron chi connectivity index (χ1n) is 6.62. The number of carbonyl (C=O) groups is 2. The molecule has 0 heterocycles. The quantitative estimate of drug-likeness (QED) is 0.909. The van der Waals surface area contributed by atoms with E-state index >= 15 is 0 Å². The first kappa shape index (κ1) is 16.4.